The maximum atomic E-state index is 13.3. The Balaban J connectivity index is 2.15. The maximum absolute atomic E-state index is 13.3. The van der Waals surface area contributed by atoms with Crippen LogP contribution in [0.1, 0.15) is 10.4 Å². The van der Waals surface area contributed by atoms with Crippen molar-refractivity contribution in [3.63, 3.8) is 0 Å². The molecule has 0 aliphatic heterocycles. The standard InChI is InChI=1S/C14H8BrFN2O2S/c15-8-4-12(21-7-8)13-11(14(19)20)6-18(17-13)10-3-1-2-9(16)5-10/h1-7H,(H,19,20). The van der Waals surface area contributed by atoms with E-state index >= 15 is 0 Å². The van der Waals surface area contributed by atoms with Gasteiger partial charge in [-0.1, -0.05) is 6.07 Å². The van der Waals surface area contributed by atoms with Crippen LogP contribution in [-0.4, -0.2) is 20.9 Å². The van der Waals surface area contributed by atoms with Crippen LogP contribution in [-0.2, 0) is 0 Å². The molecule has 2 aromatic heterocycles. The SMILES string of the molecule is O=C(O)c1cn(-c2cccc(F)c2)nc1-c1cc(Br)cs1. The second-order valence-corrected chi connectivity index (χ2v) is 6.08. The lowest BCUT2D eigenvalue weighted by atomic mass is 10.2. The van der Waals surface area contributed by atoms with Gasteiger partial charge < -0.3 is 5.11 Å². The minimum absolute atomic E-state index is 0.0774. The molecular weight excluding hydrogens is 359 g/mol. The summed E-state index contributed by atoms with van der Waals surface area (Å²) >= 11 is 4.72. The smallest absolute Gasteiger partial charge is 0.339 e. The van der Waals surface area contributed by atoms with Crippen LogP contribution in [0.3, 0.4) is 0 Å². The fourth-order valence-electron chi connectivity index (χ4n) is 1.90. The van der Waals surface area contributed by atoms with Gasteiger partial charge in [0.15, 0.2) is 0 Å². The fourth-order valence-corrected chi connectivity index (χ4v) is 3.33. The highest BCUT2D eigenvalue weighted by Crippen LogP contribution is 2.31. The van der Waals surface area contributed by atoms with E-state index in [9.17, 15) is 14.3 Å². The quantitative estimate of drug-likeness (QED) is 0.755. The summed E-state index contributed by atoms with van der Waals surface area (Å²) in [5, 5.41) is 15.4. The van der Waals surface area contributed by atoms with Crippen LogP contribution in [0.15, 0.2) is 46.4 Å². The molecule has 106 valence electrons. The number of benzene rings is 1. The molecule has 4 nitrogen and oxygen atoms in total. The summed E-state index contributed by atoms with van der Waals surface area (Å²) < 4.78 is 15.5. The van der Waals surface area contributed by atoms with Crippen molar-refractivity contribution in [2.75, 3.05) is 0 Å². The third-order valence-corrected chi connectivity index (χ3v) is 4.52. The molecule has 1 aromatic carbocycles. The molecule has 0 atom stereocenters. The molecule has 0 radical (unpaired) electrons. The zero-order chi connectivity index (χ0) is 15.0. The van der Waals surface area contributed by atoms with Gasteiger partial charge in [-0.3, -0.25) is 0 Å². The van der Waals surface area contributed by atoms with Gasteiger partial charge in [0, 0.05) is 16.0 Å². The molecule has 7 heteroatoms. The van der Waals surface area contributed by atoms with Crippen molar-refractivity contribution >= 4 is 33.2 Å². The highest BCUT2D eigenvalue weighted by atomic mass is 79.9. The number of carboxylic acids is 1. The van der Waals surface area contributed by atoms with E-state index in [0.717, 1.165) is 9.35 Å². The molecule has 0 bridgehead atoms. The van der Waals surface area contributed by atoms with Crippen molar-refractivity contribution in [2.24, 2.45) is 0 Å². The van der Waals surface area contributed by atoms with Crippen molar-refractivity contribution < 1.29 is 14.3 Å². The monoisotopic (exact) mass is 366 g/mol. The van der Waals surface area contributed by atoms with Gasteiger partial charge in [0.2, 0.25) is 0 Å². The number of thiophene rings is 1. The van der Waals surface area contributed by atoms with Crippen LogP contribution in [0, 0.1) is 5.82 Å². The van der Waals surface area contributed by atoms with Gasteiger partial charge in [-0.25, -0.2) is 13.9 Å². The Hall–Kier alpha value is -1.99. The number of hydrogen-bond donors (Lipinski definition) is 1. The summed E-state index contributed by atoms with van der Waals surface area (Å²) in [5.74, 6) is -1.47. The van der Waals surface area contributed by atoms with E-state index in [1.165, 1.54) is 34.3 Å². The first kappa shape index (κ1) is 14.0. The second-order valence-electron chi connectivity index (χ2n) is 4.25. The first-order valence-corrected chi connectivity index (χ1v) is 7.55. The Bertz CT molecular complexity index is 828. The van der Waals surface area contributed by atoms with Crippen molar-refractivity contribution in [1.29, 1.82) is 0 Å². The summed E-state index contributed by atoms with van der Waals surface area (Å²) in [7, 11) is 0. The van der Waals surface area contributed by atoms with Crippen LogP contribution in [0.25, 0.3) is 16.3 Å². The summed E-state index contributed by atoms with van der Waals surface area (Å²) in [6.45, 7) is 0. The first-order chi connectivity index (χ1) is 10.0. The summed E-state index contributed by atoms with van der Waals surface area (Å²) in [6, 6.07) is 7.63. The highest BCUT2D eigenvalue weighted by molar-refractivity contribution is 9.10. The molecule has 0 aliphatic rings. The molecule has 1 N–H and O–H groups in total. The van der Waals surface area contributed by atoms with Gasteiger partial charge in [0.25, 0.3) is 0 Å². The van der Waals surface area contributed by atoms with Crippen LogP contribution < -0.4 is 0 Å². The normalized spacial score (nSPS) is 10.8. The molecule has 2 heterocycles. The molecule has 3 rings (SSSR count). The molecule has 0 spiro atoms. The topological polar surface area (TPSA) is 55.1 Å². The predicted octanol–water partition coefficient (Wildman–Crippen LogP) is 4.20. The fraction of sp³-hybridized carbons (Fsp3) is 0. The van der Waals surface area contributed by atoms with Crippen LogP contribution in [0.4, 0.5) is 4.39 Å². The van der Waals surface area contributed by atoms with Crippen LogP contribution in [0.5, 0.6) is 0 Å². The molecule has 3 aromatic rings. The van der Waals surface area contributed by atoms with E-state index in [1.807, 2.05) is 5.38 Å². The van der Waals surface area contributed by atoms with E-state index in [0.29, 0.717) is 11.4 Å². The van der Waals surface area contributed by atoms with Crippen LogP contribution >= 0.6 is 27.3 Å². The summed E-state index contributed by atoms with van der Waals surface area (Å²) in [5.41, 5.74) is 0.912. The van der Waals surface area contributed by atoms with Gasteiger partial charge in [-0.2, -0.15) is 5.10 Å². The van der Waals surface area contributed by atoms with E-state index in [-0.39, 0.29) is 5.56 Å². The third-order valence-electron chi connectivity index (χ3n) is 2.82. The minimum Gasteiger partial charge on any atom is -0.478 e. The summed E-state index contributed by atoms with van der Waals surface area (Å²) in [6.07, 6.45) is 1.39. The zero-order valence-electron chi connectivity index (χ0n) is 10.5. The molecule has 21 heavy (non-hydrogen) atoms. The van der Waals surface area contributed by atoms with Gasteiger partial charge in [0.1, 0.15) is 17.1 Å². The molecule has 0 saturated heterocycles. The Kier molecular flexibility index (Phi) is 3.60. The minimum atomic E-state index is -1.07. The number of aromatic nitrogens is 2. The number of carbonyl (C=O) groups is 1. The van der Waals surface area contributed by atoms with E-state index in [2.05, 4.69) is 21.0 Å². The Morgan fingerprint density at radius 3 is 2.81 bits per heavy atom. The number of halogens is 2. The lowest BCUT2D eigenvalue weighted by Crippen LogP contribution is -1.96. The van der Waals surface area contributed by atoms with Crippen molar-refractivity contribution in [2.45, 2.75) is 0 Å². The van der Waals surface area contributed by atoms with E-state index in [4.69, 9.17) is 0 Å². The van der Waals surface area contributed by atoms with Crippen molar-refractivity contribution in [3.8, 4) is 16.3 Å². The molecule has 0 fully saturated rings. The number of nitrogens with zero attached hydrogens (tertiary/aromatic N) is 2. The van der Waals surface area contributed by atoms with E-state index < -0.39 is 11.8 Å². The van der Waals surface area contributed by atoms with Gasteiger partial charge in [-0.15, -0.1) is 11.3 Å². The van der Waals surface area contributed by atoms with Crippen LogP contribution in [0.2, 0.25) is 0 Å². The number of aromatic carboxylic acids is 1. The van der Waals surface area contributed by atoms with Crippen molar-refractivity contribution in [1.82, 2.24) is 9.78 Å². The Morgan fingerprint density at radius 2 is 2.19 bits per heavy atom. The maximum Gasteiger partial charge on any atom is 0.339 e. The van der Waals surface area contributed by atoms with Gasteiger partial charge in [-0.05, 0) is 40.2 Å². The average Bonchev–Trinajstić information content (AvgIpc) is 3.04. The van der Waals surface area contributed by atoms with Gasteiger partial charge in [0.05, 0.1) is 10.6 Å². The predicted molar refractivity (Wildman–Crippen MR) is 81.5 cm³/mol. The molecule has 0 saturated carbocycles. The number of carboxylic acid groups (broad SMARTS) is 1. The molecule has 0 aliphatic carbocycles. The van der Waals surface area contributed by atoms with E-state index in [1.54, 1.807) is 18.2 Å². The third kappa shape index (κ3) is 2.74. The Labute approximate surface area is 131 Å². The lowest BCUT2D eigenvalue weighted by Gasteiger charge is -2.00. The largest absolute Gasteiger partial charge is 0.478 e. The number of rotatable bonds is 3. The molecule has 0 amide bonds. The zero-order valence-corrected chi connectivity index (χ0v) is 12.9. The van der Waals surface area contributed by atoms with Crippen molar-refractivity contribution in [3.05, 3.63) is 57.8 Å². The molecule has 0 unspecified atom stereocenters. The summed E-state index contributed by atoms with van der Waals surface area (Å²) in [4.78, 5) is 12.1. The average molecular weight is 367 g/mol. The highest BCUT2D eigenvalue weighted by Gasteiger charge is 2.19. The Morgan fingerprint density at radius 1 is 1.38 bits per heavy atom. The second kappa shape index (κ2) is 5.42. The number of hydrogen-bond acceptors (Lipinski definition) is 3. The lowest BCUT2D eigenvalue weighted by molar-refractivity contribution is 0.0697. The van der Waals surface area contributed by atoms with Gasteiger partial charge >= 0.3 is 5.97 Å². The molecular formula is C14H8BrFN2O2S. The first-order valence-electron chi connectivity index (χ1n) is 5.88.